The number of hydrogen-bond donors (Lipinski definition) is 1. The maximum absolute atomic E-state index is 12.2. The maximum atomic E-state index is 12.2. The zero-order valence-corrected chi connectivity index (χ0v) is 11.0. The number of benzene rings is 2. The molecule has 0 spiro atoms. The maximum Gasteiger partial charge on any atom is 0.310 e. The quantitative estimate of drug-likeness (QED) is 0.527. The highest BCUT2D eigenvalue weighted by Gasteiger charge is 2.14. The summed E-state index contributed by atoms with van der Waals surface area (Å²) in [6.07, 6.45) is 0.242. The van der Waals surface area contributed by atoms with Crippen LogP contribution >= 0.6 is 0 Å². The summed E-state index contributed by atoms with van der Waals surface area (Å²) in [5, 5.41) is 9.90. The van der Waals surface area contributed by atoms with Crippen LogP contribution < -0.4 is 4.74 Å². The van der Waals surface area contributed by atoms with Gasteiger partial charge >= 0.3 is 5.97 Å². The van der Waals surface area contributed by atoms with Crippen molar-refractivity contribution in [2.45, 2.75) is 13.3 Å². The number of aromatic hydroxyl groups is 1. The lowest BCUT2D eigenvalue weighted by Crippen LogP contribution is -2.06. The molecule has 0 aliphatic rings. The van der Waals surface area contributed by atoms with Gasteiger partial charge in [-0.15, -0.1) is 0 Å². The second-order valence-electron chi connectivity index (χ2n) is 4.20. The predicted octanol–water partition coefficient (Wildman–Crippen LogP) is 2.94. The van der Waals surface area contributed by atoms with Gasteiger partial charge in [0.1, 0.15) is 11.5 Å². The van der Waals surface area contributed by atoms with E-state index in [1.165, 1.54) is 18.2 Å². The molecule has 0 aliphatic heterocycles. The molecule has 0 amide bonds. The Morgan fingerprint density at radius 2 is 1.80 bits per heavy atom. The lowest BCUT2D eigenvalue weighted by molar-refractivity contribution is -0.134. The van der Waals surface area contributed by atoms with Crippen LogP contribution in [0.15, 0.2) is 48.5 Å². The lowest BCUT2D eigenvalue weighted by Gasteiger charge is -2.07. The van der Waals surface area contributed by atoms with Gasteiger partial charge in [0.25, 0.3) is 0 Å². The SMILES string of the molecule is CCC(=O)Oc1ccc(C(=O)c2ccccc2)c(O)c1. The van der Waals surface area contributed by atoms with Crippen molar-refractivity contribution in [2.24, 2.45) is 0 Å². The first-order chi connectivity index (χ1) is 9.61. The molecule has 4 heteroatoms. The summed E-state index contributed by atoms with van der Waals surface area (Å²) >= 11 is 0. The minimum absolute atomic E-state index is 0.174. The van der Waals surface area contributed by atoms with Crippen molar-refractivity contribution in [2.75, 3.05) is 0 Å². The Kier molecular flexibility index (Phi) is 4.15. The molecule has 0 saturated carbocycles. The van der Waals surface area contributed by atoms with E-state index in [0.717, 1.165) is 0 Å². The molecule has 2 rings (SSSR count). The van der Waals surface area contributed by atoms with Gasteiger partial charge in [-0.2, -0.15) is 0 Å². The molecule has 0 aromatic heterocycles. The molecule has 20 heavy (non-hydrogen) atoms. The number of ether oxygens (including phenoxy) is 1. The second kappa shape index (κ2) is 6.02. The molecular formula is C16H14O4. The molecule has 0 aliphatic carbocycles. The first-order valence-corrected chi connectivity index (χ1v) is 6.25. The summed E-state index contributed by atoms with van der Waals surface area (Å²) in [6, 6.07) is 12.9. The van der Waals surface area contributed by atoms with E-state index in [1.807, 2.05) is 6.07 Å². The van der Waals surface area contributed by atoms with Crippen LogP contribution in [0.1, 0.15) is 29.3 Å². The lowest BCUT2D eigenvalue weighted by atomic mass is 10.0. The van der Waals surface area contributed by atoms with Crippen molar-refractivity contribution in [1.82, 2.24) is 0 Å². The number of carbonyl (C=O) groups is 2. The summed E-state index contributed by atoms with van der Waals surface area (Å²) < 4.78 is 4.97. The van der Waals surface area contributed by atoms with Crippen molar-refractivity contribution in [3.05, 3.63) is 59.7 Å². The van der Waals surface area contributed by atoms with Gasteiger partial charge in [-0.3, -0.25) is 9.59 Å². The van der Waals surface area contributed by atoms with Crippen molar-refractivity contribution in [1.29, 1.82) is 0 Å². The summed E-state index contributed by atoms with van der Waals surface area (Å²) in [6.45, 7) is 1.68. The summed E-state index contributed by atoms with van der Waals surface area (Å²) in [5.41, 5.74) is 0.661. The topological polar surface area (TPSA) is 63.6 Å². The molecule has 0 saturated heterocycles. The highest BCUT2D eigenvalue weighted by Crippen LogP contribution is 2.26. The normalized spacial score (nSPS) is 10.1. The van der Waals surface area contributed by atoms with Crippen LogP contribution in [0.3, 0.4) is 0 Å². The number of phenols is 1. The average molecular weight is 270 g/mol. The number of carbonyl (C=O) groups excluding carboxylic acids is 2. The molecule has 4 nitrogen and oxygen atoms in total. The van der Waals surface area contributed by atoms with Crippen molar-refractivity contribution >= 4 is 11.8 Å². The molecule has 0 fully saturated rings. The van der Waals surface area contributed by atoms with E-state index >= 15 is 0 Å². The van der Waals surface area contributed by atoms with Crippen LogP contribution in [0.25, 0.3) is 0 Å². The second-order valence-corrected chi connectivity index (χ2v) is 4.20. The van der Waals surface area contributed by atoms with Gasteiger partial charge < -0.3 is 9.84 Å². The van der Waals surface area contributed by atoms with Gasteiger partial charge in [0.2, 0.25) is 0 Å². The van der Waals surface area contributed by atoms with E-state index in [0.29, 0.717) is 5.56 Å². The monoisotopic (exact) mass is 270 g/mol. The summed E-state index contributed by atoms with van der Waals surface area (Å²) in [4.78, 5) is 23.4. The van der Waals surface area contributed by atoms with Gasteiger partial charge in [-0.1, -0.05) is 37.3 Å². The first kappa shape index (κ1) is 13.8. The Labute approximate surface area is 116 Å². The Hall–Kier alpha value is -2.62. The van der Waals surface area contributed by atoms with Crippen LogP contribution in [0.4, 0.5) is 0 Å². The number of phenolic OH excluding ortho intramolecular Hbond substituents is 1. The van der Waals surface area contributed by atoms with Gasteiger partial charge in [0, 0.05) is 18.1 Å². The Balaban J connectivity index is 2.26. The van der Waals surface area contributed by atoms with Crippen LogP contribution in [0.2, 0.25) is 0 Å². The van der Waals surface area contributed by atoms with Crippen LogP contribution in [0, 0.1) is 0 Å². The smallest absolute Gasteiger partial charge is 0.310 e. The molecule has 2 aromatic carbocycles. The van der Waals surface area contributed by atoms with E-state index in [-0.39, 0.29) is 29.3 Å². The Bertz CT molecular complexity index is 632. The van der Waals surface area contributed by atoms with Crippen LogP contribution in [0.5, 0.6) is 11.5 Å². The van der Waals surface area contributed by atoms with Crippen LogP contribution in [-0.4, -0.2) is 16.9 Å². The predicted molar refractivity (Wildman–Crippen MR) is 73.9 cm³/mol. The molecule has 0 bridgehead atoms. The van der Waals surface area contributed by atoms with Gasteiger partial charge in [0.05, 0.1) is 5.56 Å². The van der Waals surface area contributed by atoms with Crippen molar-refractivity contribution < 1.29 is 19.4 Å². The third kappa shape index (κ3) is 3.03. The fourth-order valence-corrected chi connectivity index (χ4v) is 1.72. The highest BCUT2D eigenvalue weighted by molar-refractivity contribution is 6.10. The van der Waals surface area contributed by atoms with Crippen molar-refractivity contribution in [3.63, 3.8) is 0 Å². The Morgan fingerprint density at radius 1 is 1.10 bits per heavy atom. The third-order valence-corrected chi connectivity index (χ3v) is 2.77. The average Bonchev–Trinajstić information content (AvgIpc) is 2.47. The third-order valence-electron chi connectivity index (χ3n) is 2.77. The molecule has 1 N–H and O–H groups in total. The summed E-state index contributed by atoms with van der Waals surface area (Å²) in [7, 11) is 0. The van der Waals surface area contributed by atoms with E-state index in [9.17, 15) is 14.7 Å². The van der Waals surface area contributed by atoms with E-state index in [1.54, 1.807) is 31.2 Å². The number of esters is 1. The van der Waals surface area contributed by atoms with E-state index in [2.05, 4.69) is 0 Å². The number of hydrogen-bond acceptors (Lipinski definition) is 4. The minimum atomic E-state index is -0.397. The number of ketones is 1. The fraction of sp³-hybridized carbons (Fsp3) is 0.125. The molecule has 2 aromatic rings. The summed E-state index contributed by atoms with van der Waals surface area (Å²) in [5.74, 6) is -0.665. The molecule has 0 atom stereocenters. The van der Waals surface area contributed by atoms with Gasteiger partial charge in [-0.25, -0.2) is 0 Å². The van der Waals surface area contributed by atoms with E-state index < -0.39 is 5.97 Å². The first-order valence-electron chi connectivity index (χ1n) is 6.25. The zero-order chi connectivity index (χ0) is 14.5. The van der Waals surface area contributed by atoms with Crippen LogP contribution in [-0.2, 0) is 4.79 Å². The highest BCUT2D eigenvalue weighted by atomic mass is 16.5. The molecule has 0 radical (unpaired) electrons. The van der Waals surface area contributed by atoms with Crippen molar-refractivity contribution in [3.8, 4) is 11.5 Å². The van der Waals surface area contributed by atoms with Gasteiger partial charge in [-0.05, 0) is 12.1 Å². The molecule has 0 unspecified atom stereocenters. The molecular weight excluding hydrogens is 256 g/mol. The molecule has 0 heterocycles. The molecule has 102 valence electrons. The fourth-order valence-electron chi connectivity index (χ4n) is 1.72. The number of rotatable bonds is 4. The zero-order valence-electron chi connectivity index (χ0n) is 11.0. The largest absolute Gasteiger partial charge is 0.507 e. The van der Waals surface area contributed by atoms with E-state index in [4.69, 9.17) is 4.74 Å². The standard InChI is InChI=1S/C16H14O4/c1-2-15(18)20-12-8-9-13(14(17)10-12)16(19)11-6-4-3-5-7-11/h3-10,17H,2H2,1H3. The van der Waals surface area contributed by atoms with Gasteiger partial charge in [0.15, 0.2) is 5.78 Å². The minimum Gasteiger partial charge on any atom is -0.507 e. The Morgan fingerprint density at radius 3 is 2.40 bits per heavy atom.